The number of ketones is 1. The van der Waals surface area contributed by atoms with Crippen molar-refractivity contribution in [3.05, 3.63) is 48.0 Å². The van der Waals surface area contributed by atoms with Crippen molar-refractivity contribution in [3.63, 3.8) is 0 Å². The van der Waals surface area contributed by atoms with Gasteiger partial charge < -0.3 is 31.8 Å². The van der Waals surface area contributed by atoms with Gasteiger partial charge in [0.25, 0.3) is 0 Å². The number of anilines is 1. The summed E-state index contributed by atoms with van der Waals surface area (Å²) in [6.45, 7) is 4.37. The van der Waals surface area contributed by atoms with Gasteiger partial charge in [-0.05, 0) is 50.2 Å². The van der Waals surface area contributed by atoms with E-state index in [1.54, 1.807) is 19.2 Å². The third kappa shape index (κ3) is 4.34. The lowest BCUT2D eigenvalue weighted by molar-refractivity contribution is -0.0000133. The number of carbonyl (C=O) groups is 1. The molecule has 1 atom stereocenters. The van der Waals surface area contributed by atoms with Gasteiger partial charge in [0, 0.05) is 5.56 Å². The van der Waals surface area contributed by atoms with E-state index in [0.717, 1.165) is 21.7 Å². The van der Waals surface area contributed by atoms with E-state index in [9.17, 15) is 4.79 Å². The van der Waals surface area contributed by atoms with Crippen molar-refractivity contribution in [2.75, 3.05) is 19.0 Å². The molecule has 5 nitrogen and oxygen atoms in total. The fourth-order valence-corrected chi connectivity index (χ4v) is 3.50. The molecule has 138 valence electrons. The maximum absolute atomic E-state index is 12.6. The Labute approximate surface area is 167 Å². The van der Waals surface area contributed by atoms with Gasteiger partial charge in [0.15, 0.2) is 10.9 Å². The van der Waals surface area contributed by atoms with Crippen molar-refractivity contribution >= 4 is 32.5 Å². The lowest BCUT2D eigenvalue weighted by Crippen LogP contribution is -3.00. The first-order valence-electron chi connectivity index (χ1n) is 8.09. The molecular formula is C19H20BrN2O3S-. The van der Waals surface area contributed by atoms with Crippen LogP contribution in [0.5, 0.6) is 11.5 Å². The molecule has 2 aromatic carbocycles. The molecule has 0 saturated heterocycles. The molecule has 0 spiro atoms. The van der Waals surface area contributed by atoms with Crippen LogP contribution in [0.1, 0.15) is 24.2 Å². The Morgan fingerprint density at radius 3 is 2.62 bits per heavy atom. The van der Waals surface area contributed by atoms with Gasteiger partial charge in [-0.15, -0.1) is 0 Å². The summed E-state index contributed by atoms with van der Waals surface area (Å²) in [6, 6.07) is 12.6. The zero-order chi connectivity index (χ0) is 17.8. The van der Waals surface area contributed by atoms with E-state index < -0.39 is 0 Å². The Morgan fingerprint density at radius 2 is 1.96 bits per heavy atom. The summed E-state index contributed by atoms with van der Waals surface area (Å²) < 4.78 is 11.8. The van der Waals surface area contributed by atoms with E-state index in [1.165, 1.54) is 11.3 Å². The maximum atomic E-state index is 12.6. The highest BCUT2D eigenvalue weighted by Crippen LogP contribution is 2.32. The molecule has 0 aliphatic heterocycles. The van der Waals surface area contributed by atoms with Crippen LogP contribution in [0.2, 0.25) is 0 Å². The Hall–Kier alpha value is -2.12. The number of hydrogen-bond donors (Lipinski definition) is 1. The first kappa shape index (κ1) is 20.2. The fourth-order valence-electron chi connectivity index (χ4n) is 2.53. The average molecular weight is 436 g/mol. The van der Waals surface area contributed by atoms with Crippen LogP contribution in [0.3, 0.4) is 0 Å². The molecule has 3 aromatic rings. The van der Waals surface area contributed by atoms with Crippen molar-refractivity contribution in [1.29, 1.82) is 0 Å². The minimum absolute atomic E-state index is 0. The molecular weight excluding hydrogens is 416 g/mol. The molecule has 0 radical (unpaired) electrons. The summed E-state index contributed by atoms with van der Waals surface area (Å²) in [6.07, 6.45) is 0. The third-order valence-corrected chi connectivity index (χ3v) is 4.74. The third-order valence-electron chi connectivity index (χ3n) is 3.78. The Bertz CT molecular complexity index is 880. The molecule has 7 heteroatoms. The number of hydrogen-bond acceptors (Lipinski definition) is 6. The van der Waals surface area contributed by atoms with Crippen LogP contribution >= 0.6 is 11.3 Å². The number of carbonyl (C=O) groups excluding carboxylic acids is 1. The molecule has 3 rings (SSSR count). The fraction of sp³-hybridized carbons (Fsp3) is 0.263. The second kappa shape index (κ2) is 9.00. The van der Waals surface area contributed by atoms with Crippen molar-refractivity contribution in [2.45, 2.75) is 19.9 Å². The second-order valence-electron chi connectivity index (χ2n) is 5.51. The van der Waals surface area contributed by atoms with Crippen molar-refractivity contribution < 1.29 is 31.2 Å². The number of halogens is 1. The van der Waals surface area contributed by atoms with Crippen LogP contribution in [0.15, 0.2) is 42.5 Å². The van der Waals surface area contributed by atoms with Crippen molar-refractivity contribution in [3.8, 4) is 11.5 Å². The predicted molar refractivity (Wildman–Crippen MR) is 101 cm³/mol. The number of ether oxygens (including phenoxy) is 2. The van der Waals surface area contributed by atoms with E-state index in [-0.39, 0.29) is 28.8 Å². The van der Waals surface area contributed by atoms with E-state index >= 15 is 0 Å². The highest BCUT2D eigenvalue weighted by atomic mass is 79.9. The predicted octanol–water partition coefficient (Wildman–Crippen LogP) is 1.39. The van der Waals surface area contributed by atoms with E-state index in [1.807, 2.05) is 44.2 Å². The monoisotopic (exact) mass is 435 g/mol. The number of Topliss-reactive ketones (excluding diaryl/α,β-unsaturated/α-hetero) is 1. The minimum atomic E-state index is -0.385. The van der Waals surface area contributed by atoms with Crippen molar-refractivity contribution in [1.82, 2.24) is 4.98 Å². The molecule has 0 amide bonds. The van der Waals surface area contributed by atoms with Gasteiger partial charge in [-0.3, -0.25) is 4.79 Å². The van der Waals surface area contributed by atoms with Crippen LogP contribution < -0.4 is 31.8 Å². The average Bonchev–Trinajstić information content (AvgIpc) is 3.04. The molecule has 0 aliphatic carbocycles. The SMILES string of the molecule is CCOc1ccc(C(=O)C(C)Nc2nc3c(OC)cccc3s2)cc1.[Br-]. The van der Waals surface area contributed by atoms with Crippen molar-refractivity contribution in [2.24, 2.45) is 0 Å². The maximum Gasteiger partial charge on any atom is 0.184 e. The zero-order valence-corrected chi connectivity index (χ0v) is 17.2. The Morgan fingerprint density at radius 1 is 1.23 bits per heavy atom. The summed E-state index contributed by atoms with van der Waals surface area (Å²) in [7, 11) is 1.62. The van der Waals surface area contributed by atoms with Crippen LogP contribution in [0, 0.1) is 0 Å². The summed E-state index contributed by atoms with van der Waals surface area (Å²) in [5, 5.41) is 3.89. The number of nitrogens with zero attached hydrogens (tertiary/aromatic N) is 1. The lowest BCUT2D eigenvalue weighted by atomic mass is 10.1. The number of fused-ring (bicyclic) bond motifs is 1. The smallest absolute Gasteiger partial charge is 0.184 e. The number of thiazole rings is 1. The van der Waals surface area contributed by atoms with Gasteiger partial charge in [0.05, 0.1) is 24.5 Å². The van der Waals surface area contributed by atoms with Gasteiger partial charge in [-0.2, -0.15) is 0 Å². The molecule has 1 unspecified atom stereocenters. The first-order valence-corrected chi connectivity index (χ1v) is 8.91. The van der Waals surface area contributed by atoms with Crippen LogP contribution in [0.25, 0.3) is 10.2 Å². The number of nitrogens with one attached hydrogen (secondary N) is 1. The summed E-state index contributed by atoms with van der Waals surface area (Å²) in [5.41, 5.74) is 1.44. The highest BCUT2D eigenvalue weighted by Gasteiger charge is 2.17. The highest BCUT2D eigenvalue weighted by molar-refractivity contribution is 7.22. The van der Waals surface area contributed by atoms with Gasteiger partial charge >= 0.3 is 0 Å². The number of benzene rings is 2. The van der Waals surface area contributed by atoms with E-state index in [4.69, 9.17) is 9.47 Å². The van der Waals surface area contributed by atoms with E-state index in [2.05, 4.69) is 10.3 Å². The zero-order valence-electron chi connectivity index (χ0n) is 14.8. The topological polar surface area (TPSA) is 60.5 Å². The number of methoxy groups -OCH3 is 1. The minimum Gasteiger partial charge on any atom is -1.00 e. The number of para-hydroxylation sites is 1. The van der Waals surface area contributed by atoms with Crippen LogP contribution in [-0.4, -0.2) is 30.5 Å². The molecule has 1 aromatic heterocycles. The van der Waals surface area contributed by atoms with Crippen LogP contribution in [0.4, 0.5) is 5.13 Å². The van der Waals surface area contributed by atoms with Gasteiger partial charge in [-0.1, -0.05) is 17.4 Å². The lowest BCUT2D eigenvalue weighted by Gasteiger charge is -2.12. The molecule has 0 aliphatic rings. The normalized spacial score (nSPS) is 11.5. The van der Waals surface area contributed by atoms with Gasteiger partial charge in [-0.25, -0.2) is 4.98 Å². The van der Waals surface area contributed by atoms with Gasteiger partial charge in [0.2, 0.25) is 0 Å². The standard InChI is InChI=1S/C19H20N2O3S.BrH/c1-4-24-14-10-8-13(9-11-14)18(22)12(2)20-19-21-17-15(23-3)6-5-7-16(17)25-19;/h5-12H,4H2,1-3H3,(H,20,21);1H/p-1. The quantitative estimate of drug-likeness (QED) is 0.568. The summed E-state index contributed by atoms with van der Waals surface area (Å²) in [4.78, 5) is 17.2. The van der Waals surface area contributed by atoms with Gasteiger partial charge in [0.1, 0.15) is 17.0 Å². The Balaban J connectivity index is 0.00000243. The van der Waals surface area contributed by atoms with E-state index in [0.29, 0.717) is 17.3 Å². The summed E-state index contributed by atoms with van der Waals surface area (Å²) in [5.74, 6) is 1.50. The molecule has 0 saturated carbocycles. The number of rotatable bonds is 7. The molecule has 26 heavy (non-hydrogen) atoms. The van der Waals surface area contributed by atoms with Crippen LogP contribution in [-0.2, 0) is 0 Å². The second-order valence-corrected chi connectivity index (χ2v) is 6.54. The molecule has 1 heterocycles. The largest absolute Gasteiger partial charge is 1.00 e. The number of aromatic nitrogens is 1. The first-order chi connectivity index (χ1) is 12.1. The summed E-state index contributed by atoms with van der Waals surface area (Å²) >= 11 is 1.50. The molecule has 1 N–H and O–H groups in total. The Kier molecular flexibility index (Phi) is 6.99. The molecule has 0 fully saturated rings. The molecule has 0 bridgehead atoms.